The molecule has 1 N–H and O–H groups in total. The molecule has 142 valence electrons. The number of amides is 1. The van der Waals surface area contributed by atoms with Crippen LogP contribution in [0.25, 0.3) is 0 Å². The fraction of sp³-hybridized carbons (Fsp3) is 0.571. The van der Waals surface area contributed by atoms with Crippen molar-refractivity contribution in [3.63, 3.8) is 0 Å². The molecule has 1 amide bonds. The molecule has 2 aromatic rings. The van der Waals surface area contributed by atoms with E-state index in [1.807, 2.05) is 0 Å². The molecule has 4 rings (SSSR count). The standard InChI is InChI=1S/C14H18N6O3S2.ClH/c1-9-13(24-18-17-9)14(21)20-3-2-19(5-10-4-15-8-16-10)11-6-25(22,23)7-12(11)20;/h4,8,11-12H,2-3,5-7H2,1H3,(H,15,16);1H/t11-,12+;/m1./s1. The summed E-state index contributed by atoms with van der Waals surface area (Å²) in [5.74, 6) is -0.0790. The highest BCUT2D eigenvalue weighted by atomic mass is 35.5. The lowest BCUT2D eigenvalue weighted by Gasteiger charge is -2.43. The number of hydrogen-bond donors (Lipinski definition) is 1. The first-order valence-electron chi connectivity index (χ1n) is 7.96. The number of fused-ring (bicyclic) bond motifs is 1. The fourth-order valence-corrected chi connectivity index (χ4v) is 6.25. The summed E-state index contributed by atoms with van der Waals surface area (Å²) >= 11 is 1.06. The maximum absolute atomic E-state index is 12.9. The Morgan fingerprint density at radius 1 is 1.35 bits per heavy atom. The Kier molecular flexibility index (Phi) is 5.33. The summed E-state index contributed by atoms with van der Waals surface area (Å²) in [6.07, 6.45) is 3.35. The molecule has 4 heterocycles. The molecule has 2 atom stereocenters. The zero-order valence-corrected chi connectivity index (χ0v) is 16.5. The number of hydrogen-bond acceptors (Lipinski definition) is 8. The number of aryl methyl sites for hydroxylation is 1. The van der Waals surface area contributed by atoms with Gasteiger partial charge in [0.2, 0.25) is 0 Å². The zero-order valence-electron chi connectivity index (χ0n) is 14.0. The van der Waals surface area contributed by atoms with Gasteiger partial charge in [0, 0.05) is 37.6 Å². The first kappa shape index (κ1) is 19.2. The van der Waals surface area contributed by atoms with E-state index in [2.05, 4.69) is 24.5 Å². The van der Waals surface area contributed by atoms with E-state index in [1.165, 1.54) is 0 Å². The van der Waals surface area contributed by atoms with Crippen molar-refractivity contribution in [3.05, 3.63) is 28.8 Å². The number of piperazine rings is 1. The topological polar surface area (TPSA) is 112 Å². The second kappa shape index (κ2) is 7.22. The minimum Gasteiger partial charge on any atom is -0.347 e. The number of nitrogens with zero attached hydrogens (tertiary/aromatic N) is 5. The molecule has 0 radical (unpaired) electrons. The predicted molar refractivity (Wildman–Crippen MR) is 98.2 cm³/mol. The van der Waals surface area contributed by atoms with Crippen LogP contribution in [0.5, 0.6) is 0 Å². The van der Waals surface area contributed by atoms with Gasteiger partial charge < -0.3 is 9.88 Å². The minimum atomic E-state index is -3.18. The van der Waals surface area contributed by atoms with Crippen molar-refractivity contribution in [1.82, 2.24) is 29.4 Å². The van der Waals surface area contributed by atoms with Gasteiger partial charge in [-0.25, -0.2) is 13.4 Å². The first-order valence-corrected chi connectivity index (χ1v) is 10.6. The monoisotopic (exact) mass is 418 g/mol. The van der Waals surface area contributed by atoms with Gasteiger partial charge in [0.25, 0.3) is 5.91 Å². The molecular weight excluding hydrogens is 400 g/mol. The van der Waals surface area contributed by atoms with E-state index in [0.717, 1.165) is 17.2 Å². The maximum Gasteiger partial charge on any atom is 0.267 e. The minimum absolute atomic E-state index is 0. The molecule has 0 aromatic carbocycles. The zero-order chi connectivity index (χ0) is 17.6. The van der Waals surface area contributed by atoms with Crippen molar-refractivity contribution in [2.24, 2.45) is 0 Å². The van der Waals surface area contributed by atoms with Crippen molar-refractivity contribution in [3.8, 4) is 0 Å². The SMILES string of the molecule is Cc1nnsc1C(=O)N1CCN(Cc2cnc[nH]2)[C@@H]2CS(=O)(=O)C[C@@H]21.Cl. The number of nitrogens with one attached hydrogen (secondary N) is 1. The lowest BCUT2D eigenvalue weighted by molar-refractivity contribution is 0.0306. The molecule has 9 nitrogen and oxygen atoms in total. The molecule has 0 aliphatic carbocycles. The number of aromatic amines is 1. The number of aromatic nitrogens is 4. The smallest absolute Gasteiger partial charge is 0.267 e. The summed E-state index contributed by atoms with van der Waals surface area (Å²) in [5, 5.41) is 3.89. The summed E-state index contributed by atoms with van der Waals surface area (Å²) < 4.78 is 28.3. The average Bonchev–Trinajstić information content (AvgIpc) is 3.26. The summed E-state index contributed by atoms with van der Waals surface area (Å²) in [7, 11) is -3.18. The highest BCUT2D eigenvalue weighted by Crippen LogP contribution is 2.29. The number of sulfone groups is 1. The maximum atomic E-state index is 12.9. The van der Waals surface area contributed by atoms with Gasteiger partial charge in [-0.05, 0) is 18.5 Å². The normalized spacial score (nSPS) is 24.9. The van der Waals surface area contributed by atoms with Gasteiger partial charge >= 0.3 is 0 Å². The van der Waals surface area contributed by atoms with Crippen molar-refractivity contribution < 1.29 is 13.2 Å². The van der Waals surface area contributed by atoms with Crippen LogP contribution in [-0.4, -0.2) is 80.4 Å². The second-order valence-electron chi connectivity index (χ2n) is 6.44. The van der Waals surface area contributed by atoms with E-state index in [4.69, 9.17) is 0 Å². The van der Waals surface area contributed by atoms with Crippen LogP contribution in [-0.2, 0) is 16.4 Å². The molecule has 0 bridgehead atoms. The number of carbonyl (C=O) groups is 1. The van der Waals surface area contributed by atoms with Crippen molar-refractivity contribution >= 4 is 39.7 Å². The van der Waals surface area contributed by atoms with E-state index < -0.39 is 9.84 Å². The van der Waals surface area contributed by atoms with Crippen LogP contribution in [0.15, 0.2) is 12.5 Å². The molecule has 2 fully saturated rings. The van der Waals surface area contributed by atoms with Crippen LogP contribution < -0.4 is 0 Å². The second-order valence-corrected chi connectivity index (χ2v) is 9.35. The van der Waals surface area contributed by atoms with Gasteiger partial charge in [-0.2, -0.15) is 0 Å². The average molecular weight is 419 g/mol. The van der Waals surface area contributed by atoms with Crippen molar-refractivity contribution in [1.29, 1.82) is 0 Å². The van der Waals surface area contributed by atoms with Gasteiger partial charge in [0.1, 0.15) is 4.88 Å². The van der Waals surface area contributed by atoms with Crippen molar-refractivity contribution in [2.45, 2.75) is 25.6 Å². The van der Waals surface area contributed by atoms with E-state index in [0.29, 0.717) is 30.2 Å². The first-order chi connectivity index (χ1) is 11.9. The number of H-pyrrole nitrogens is 1. The molecule has 0 saturated carbocycles. The molecule has 0 spiro atoms. The third-order valence-electron chi connectivity index (χ3n) is 4.83. The molecule has 2 aliphatic rings. The fourth-order valence-electron chi connectivity index (χ4n) is 3.62. The predicted octanol–water partition coefficient (Wildman–Crippen LogP) is 0.115. The van der Waals surface area contributed by atoms with Crippen molar-refractivity contribution in [2.75, 3.05) is 24.6 Å². The van der Waals surface area contributed by atoms with Crippen LogP contribution in [0.2, 0.25) is 0 Å². The quantitative estimate of drug-likeness (QED) is 0.752. The summed E-state index contributed by atoms with van der Waals surface area (Å²) in [6, 6.07) is -0.539. The lowest BCUT2D eigenvalue weighted by Crippen LogP contribution is -2.60. The Bertz CT molecular complexity index is 884. The molecular formula is C14H19ClN6O3S2. The van der Waals surface area contributed by atoms with Gasteiger partial charge in [0.05, 0.1) is 29.6 Å². The van der Waals surface area contributed by atoms with Gasteiger partial charge in [-0.1, -0.05) is 4.49 Å². The Morgan fingerprint density at radius 3 is 2.77 bits per heavy atom. The van der Waals surface area contributed by atoms with Gasteiger partial charge in [-0.3, -0.25) is 9.69 Å². The molecule has 2 aromatic heterocycles. The van der Waals surface area contributed by atoms with Crippen LogP contribution >= 0.6 is 23.9 Å². The van der Waals surface area contributed by atoms with Crippen LogP contribution in [0.4, 0.5) is 0 Å². The van der Waals surface area contributed by atoms with Crippen LogP contribution in [0.1, 0.15) is 21.1 Å². The summed E-state index contributed by atoms with van der Waals surface area (Å²) in [4.78, 5) is 24.3. The molecule has 12 heteroatoms. The molecule has 26 heavy (non-hydrogen) atoms. The van der Waals surface area contributed by atoms with Crippen LogP contribution in [0, 0.1) is 6.92 Å². The third kappa shape index (κ3) is 3.48. The van der Waals surface area contributed by atoms with E-state index in [1.54, 1.807) is 24.3 Å². The largest absolute Gasteiger partial charge is 0.347 e. The highest BCUT2D eigenvalue weighted by molar-refractivity contribution is 7.91. The number of rotatable bonds is 3. The Morgan fingerprint density at radius 2 is 2.12 bits per heavy atom. The molecule has 2 saturated heterocycles. The number of carbonyl (C=O) groups excluding carboxylic acids is 1. The third-order valence-corrected chi connectivity index (χ3v) is 7.34. The number of imidazole rings is 1. The highest BCUT2D eigenvalue weighted by Gasteiger charge is 2.48. The Balaban J connectivity index is 0.00000196. The summed E-state index contributed by atoms with van der Waals surface area (Å²) in [6.45, 7) is 3.45. The Labute approximate surface area is 161 Å². The molecule has 0 unspecified atom stereocenters. The molecule has 2 aliphatic heterocycles. The van der Waals surface area contributed by atoms with E-state index in [-0.39, 0.29) is 41.9 Å². The Hall–Kier alpha value is -1.56. The van der Waals surface area contributed by atoms with Crippen LogP contribution in [0.3, 0.4) is 0 Å². The van der Waals surface area contributed by atoms with Gasteiger partial charge in [0.15, 0.2) is 9.84 Å². The number of halogens is 1. The van der Waals surface area contributed by atoms with Gasteiger partial charge in [-0.15, -0.1) is 17.5 Å². The van der Waals surface area contributed by atoms with E-state index in [9.17, 15) is 13.2 Å². The van der Waals surface area contributed by atoms with E-state index >= 15 is 0 Å². The lowest BCUT2D eigenvalue weighted by atomic mass is 10.0. The summed E-state index contributed by atoms with van der Waals surface area (Å²) in [5.41, 5.74) is 1.53.